The number of ether oxygens (including phenoxy) is 1. The van der Waals surface area contributed by atoms with Crippen molar-refractivity contribution in [3.63, 3.8) is 0 Å². The molecule has 0 aliphatic heterocycles. The number of nitrogens with one attached hydrogen (secondary N) is 1. The van der Waals surface area contributed by atoms with Crippen LogP contribution in [0.2, 0.25) is 5.02 Å². The molecule has 0 unspecified atom stereocenters. The fourth-order valence-electron chi connectivity index (χ4n) is 1.72. The number of hydrogen-bond donors (Lipinski definition) is 1. The quantitative estimate of drug-likeness (QED) is 0.925. The van der Waals surface area contributed by atoms with Crippen molar-refractivity contribution in [3.8, 4) is 5.75 Å². The largest absolute Gasteiger partial charge is 0.484 e. The molecular formula is C16H16ClNO2. The van der Waals surface area contributed by atoms with Gasteiger partial charge in [-0.15, -0.1) is 0 Å². The van der Waals surface area contributed by atoms with Gasteiger partial charge in [-0.2, -0.15) is 0 Å². The molecule has 0 spiro atoms. The molecule has 1 N–H and O–H groups in total. The Kier molecular flexibility index (Phi) is 4.64. The molecule has 0 saturated heterocycles. The van der Waals surface area contributed by atoms with E-state index in [1.165, 1.54) is 0 Å². The Balaban J connectivity index is 1.91. The van der Waals surface area contributed by atoms with Crippen molar-refractivity contribution in [2.24, 2.45) is 0 Å². The lowest BCUT2D eigenvalue weighted by Gasteiger charge is -2.09. The minimum Gasteiger partial charge on any atom is -0.484 e. The minimum atomic E-state index is -0.216. The van der Waals surface area contributed by atoms with Crippen molar-refractivity contribution in [1.82, 2.24) is 0 Å². The number of hydrogen-bond acceptors (Lipinski definition) is 2. The van der Waals surface area contributed by atoms with Gasteiger partial charge in [0.2, 0.25) is 0 Å². The Morgan fingerprint density at radius 1 is 1.20 bits per heavy atom. The van der Waals surface area contributed by atoms with Crippen molar-refractivity contribution < 1.29 is 9.53 Å². The van der Waals surface area contributed by atoms with Crippen LogP contribution in [0.4, 0.5) is 5.69 Å². The molecule has 0 radical (unpaired) electrons. The van der Waals surface area contributed by atoms with Crippen LogP contribution in [-0.2, 0) is 4.79 Å². The summed E-state index contributed by atoms with van der Waals surface area (Å²) in [5, 5.41) is 3.37. The SMILES string of the molecule is Cc1cccc(OCC(=O)Nc2ccc(C)c(Cl)c2)c1. The molecule has 3 nitrogen and oxygen atoms in total. The van der Waals surface area contributed by atoms with Crippen LogP contribution in [0.5, 0.6) is 5.75 Å². The number of anilines is 1. The zero-order valence-electron chi connectivity index (χ0n) is 11.4. The van der Waals surface area contributed by atoms with E-state index in [-0.39, 0.29) is 12.5 Å². The topological polar surface area (TPSA) is 38.3 Å². The van der Waals surface area contributed by atoms with E-state index < -0.39 is 0 Å². The summed E-state index contributed by atoms with van der Waals surface area (Å²) in [5.74, 6) is 0.466. The maximum absolute atomic E-state index is 11.8. The molecule has 0 aliphatic rings. The van der Waals surface area contributed by atoms with E-state index in [1.807, 2.05) is 50.2 Å². The van der Waals surface area contributed by atoms with E-state index in [0.717, 1.165) is 11.1 Å². The van der Waals surface area contributed by atoms with Gasteiger partial charge < -0.3 is 10.1 Å². The molecule has 2 rings (SSSR count). The summed E-state index contributed by atoms with van der Waals surface area (Å²) in [6.07, 6.45) is 0. The van der Waals surface area contributed by atoms with E-state index in [2.05, 4.69) is 5.32 Å². The van der Waals surface area contributed by atoms with Crippen molar-refractivity contribution in [3.05, 3.63) is 58.6 Å². The molecular weight excluding hydrogens is 274 g/mol. The van der Waals surface area contributed by atoms with Crippen LogP contribution in [-0.4, -0.2) is 12.5 Å². The van der Waals surface area contributed by atoms with Gasteiger partial charge in [-0.3, -0.25) is 4.79 Å². The Morgan fingerprint density at radius 2 is 2.00 bits per heavy atom. The third kappa shape index (κ3) is 4.00. The highest BCUT2D eigenvalue weighted by Gasteiger charge is 2.05. The summed E-state index contributed by atoms with van der Waals surface area (Å²) in [4.78, 5) is 11.8. The second-order valence-corrected chi connectivity index (χ2v) is 5.02. The molecule has 0 bridgehead atoms. The first kappa shape index (κ1) is 14.4. The zero-order valence-corrected chi connectivity index (χ0v) is 12.2. The van der Waals surface area contributed by atoms with Crippen molar-refractivity contribution in [1.29, 1.82) is 0 Å². The molecule has 1 amide bonds. The smallest absolute Gasteiger partial charge is 0.262 e. The molecule has 0 aromatic heterocycles. The third-order valence-electron chi connectivity index (χ3n) is 2.82. The van der Waals surface area contributed by atoms with Gasteiger partial charge in [0, 0.05) is 10.7 Å². The van der Waals surface area contributed by atoms with Gasteiger partial charge in [-0.1, -0.05) is 29.8 Å². The summed E-state index contributed by atoms with van der Waals surface area (Å²) in [6.45, 7) is 3.85. The van der Waals surface area contributed by atoms with Crippen LogP contribution in [0.3, 0.4) is 0 Å². The number of carbonyl (C=O) groups excluding carboxylic acids is 1. The van der Waals surface area contributed by atoms with E-state index in [9.17, 15) is 4.79 Å². The zero-order chi connectivity index (χ0) is 14.5. The summed E-state index contributed by atoms with van der Waals surface area (Å²) in [5.41, 5.74) is 2.73. The lowest BCUT2D eigenvalue weighted by molar-refractivity contribution is -0.118. The molecule has 2 aromatic carbocycles. The van der Waals surface area contributed by atoms with Crippen LogP contribution in [0.1, 0.15) is 11.1 Å². The van der Waals surface area contributed by atoms with Crippen LogP contribution in [0, 0.1) is 13.8 Å². The first-order valence-electron chi connectivity index (χ1n) is 6.30. The maximum atomic E-state index is 11.8. The number of benzene rings is 2. The highest BCUT2D eigenvalue weighted by molar-refractivity contribution is 6.31. The monoisotopic (exact) mass is 289 g/mol. The van der Waals surface area contributed by atoms with Crippen LogP contribution < -0.4 is 10.1 Å². The Hall–Kier alpha value is -2.00. The minimum absolute atomic E-state index is 0.0328. The van der Waals surface area contributed by atoms with Gasteiger partial charge in [0.15, 0.2) is 6.61 Å². The molecule has 0 saturated carbocycles. The fraction of sp³-hybridized carbons (Fsp3) is 0.188. The summed E-state index contributed by atoms with van der Waals surface area (Å²) >= 11 is 6.01. The Bertz CT molecular complexity index is 626. The van der Waals surface area contributed by atoms with E-state index in [4.69, 9.17) is 16.3 Å². The summed E-state index contributed by atoms with van der Waals surface area (Å²) in [6, 6.07) is 13.0. The van der Waals surface area contributed by atoms with Gasteiger partial charge in [0.1, 0.15) is 5.75 Å². The summed E-state index contributed by atoms with van der Waals surface area (Å²) < 4.78 is 5.43. The number of carbonyl (C=O) groups is 1. The van der Waals surface area contributed by atoms with Gasteiger partial charge in [0.25, 0.3) is 5.91 Å². The van der Waals surface area contributed by atoms with Crippen LogP contribution in [0.25, 0.3) is 0 Å². The second kappa shape index (κ2) is 6.44. The first-order chi connectivity index (χ1) is 9.54. The van der Waals surface area contributed by atoms with Crippen molar-refractivity contribution in [2.75, 3.05) is 11.9 Å². The van der Waals surface area contributed by atoms with Gasteiger partial charge >= 0.3 is 0 Å². The van der Waals surface area contributed by atoms with Crippen LogP contribution >= 0.6 is 11.6 Å². The lowest BCUT2D eigenvalue weighted by Crippen LogP contribution is -2.20. The number of amides is 1. The number of rotatable bonds is 4. The molecule has 4 heteroatoms. The van der Waals surface area contributed by atoms with Crippen LogP contribution in [0.15, 0.2) is 42.5 Å². The molecule has 0 heterocycles. The molecule has 2 aromatic rings. The Morgan fingerprint density at radius 3 is 2.70 bits per heavy atom. The average Bonchev–Trinajstić information content (AvgIpc) is 2.41. The van der Waals surface area contributed by atoms with Gasteiger partial charge in [-0.25, -0.2) is 0 Å². The molecule has 0 atom stereocenters. The normalized spacial score (nSPS) is 10.2. The summed E-state index contributed by atoms with van der Waals surface area (Å²) in [7, 11) is 0. The van der Waals surface area contributed by atoms with Crippen molar-refractivity contribution in [2.45, 2.75) is 13.8 Å². The van der Waals surface area contributed by atoms with E-state index in [1.54, 1.807) is 6.07 Å². The third-order valence-corrected chi connectivity index (χ3v) is 3.22. The molecule has 104 valence electrons. The second-order valence-electron chi connectivity index (χ2n) is 4.62. The average molecular weight is 290 g/mol. The molecule has 20 heavy (non-hydrogen) atoms. The Labute approximate surface area is 123 Å². The number of halogens is 1. The van der Waals surface area contributed by atoms with Gasteiger partial charge in [-0.05, 0) is 49.2 Å². The first-order valence-corrected chi connectivity index (χ1v) is 6.68. The molecule has 0 fully saturated rings. The van der Waals surface area contributed by atoms with E-state index in [0.29, 0.717) is 16.5 Å². The molecule has 0 aliphatic carbocycles. The highest BCUT2D eigenvalue weighted by Crippen LogP contribution is 2.20. The predicted molar refractivity (Wildman–Crippen MR) is 81.5 cm³/mol. The van der Waals surface area contributed by atoms with Crippen molar-refractivity contribution >= 4 is 23.2 Å². The predicted octanol–water partition coefficient (Wildman–Crippen LogP) is 3.97. The van der Waals surface area contributed by atoms with Gasteiger partial charge in [0.05, 0.1) is 0 Å². The fourth-order valence-corrected chi connectivity index (χ4v) is 1.90. The number of aryl methyl sites for hydroxylation is 2. The lowest BCUT2D eigenvalue weighted by atomic mass is 10.2. The maximum Gasteiger partial charge on any atom is 0.262 e. The van der Waals surface area contributed by atoms with E-state index >= 15 is 0 Å². The standard InChI is InChI=1S/C16H16ClNO2/c1-11-4-3-5-14(8-11)20-10-16(19)18-13-7-6-12(2)15(17)9-13/h3-9H,10H2,1-2H3,(H,18,19). The highest BCUT2D eigenvalue weighted by atomic mass is 35.5.